The van der Waals surface area contributed by atoms with Crippen LogP contribution in [0.15, 0.2) is 41.6 Å². The molecule has 0 saturated heterocycles. The zero-order chi connectivity index (χ0) is 13.9. The number of aromatic nitrogens is 2. The molecule has 1 aromatic heterocycles. The minimum atomic E-state index is -3.69. The standard InChI is InChI=1S/C12H13ClN2O3S/c1-2-8-18-12-9-10(4-5-11(12)13)19(16,17)15-7-3-6-14-15/h3-7,9H,2,8H2,1H3. The maximum Gasteiger partial charge on any atom is 0.283 e. The van der Waals surface area contributed by atoms with Crippen molar-refractivity contribution in [2.45, 2.75) is 18.2 Å². The first-order chi connectivity index (χ1) is 9.05. The maximum atomic E-state index is 12.2. The molecule has 2 aromatic rings. The van der Waals surface area contributed by atoms with Gasteiger partial charge in [0, 0.05) is 12.3 Å². The molecule has 0 aliphatic heterocycles. The second kappa shape index (κ2) is 5.63. The van der Waals surface area contributed by atoms with E-state index in [1.165, 1.54) is 30.6 Å². The van der Waals surface area contributed by atoms with E-state index in [-0.39, 0.29) is 4.90 Å². The van der Waals surface area contributed by atoms with Crippen molar-refractivity contribution in [3.63, 3.8) is 0 Å². The predicted octanol–water partition coefficient (Wildman–Crippen LogP) is 2.56. The third-order valence-corrected chi connectivity index (χ3v) is 4.26. The Kier molecular flexibility index (Phi) is 4.11. The van der Waals surface area contributed by atoms with E-state index in [1.807, 2.05) is 6.92 Å². The minimum absolute atomic E-state index is 0.0895. The number of rotatable bonds is 5. The second-order valence-corrected chi connectivity index (χ2v) is 6.03. The minimum Gasteiger partial charge on any atom is -0.492 e. The lowest BCUT2D eigenvalue weighted by molar-refractivity contribution is 0.317. The van der Waals surface area contributed by atoms with Crippen LogP contribution in [0.4, 0.5) is 0 Å². The highest BCUT2D eigenvalue weighted by molar-refractivity contribution is 7.89. The van der Waals surface area contributed by atoms with Crippen molar-refractivity contribution < 1.29 is 13.2 Å². The summed E-state index contributed by atoms with van der Waals surface area (Å²) >= 11 is 5.96. The fourth-order valence-corrected chi connectivity index (χ4v) is 2.76. The molecule has 0 aliphatic rings. The Labute approximate surface area is 116 Å². The summed E-state index contributed by atoms with van der Waals surface area (Å²) in [6, 6.07) is 5.89. The van der Waals surface area contributed by atoms with Crippen LogP contribution in [0.25, 0.3) is 0 Å². The lowest BCUT2D eigenvalue weighted by Crippen LogP contribution is -2.13. The molecule has 1 aromatic carbocycles. The van der Waals surface area contributed by atoms with E-state index in [2.05, 4.69) is 5.10 Å². The van der Waals surface area contributed by atoms with Gasteiger partial charge in [-0.3, -0.25) is 0 Å². The monoisotopic (exact) mass is 300 g/mol. The molecule has 0 saturated carbocycles. The third kappa shape index (κ3) is 2.90. The summed E-state index contributed by atoms with van der Waals surface area (Å²) < 4.78 is 30.8. The first-order valence-corrected chi connectivity index (χ1v) is 7.55. The quantitative estimate of drug-likeness (QED) is 0.851. The van der Waals surface area contributed by atoms with E-state index in [9.17, 15) is 8.42 Å². The normalized spacial score (nSPS) is 11.5. The van der Waals surface area contributed by atoms with Crippen molar-refractivity contribution in [2.24, 2.45) is 0 Å². The molecule has 102 valence electrons. The summed E-state index contributed by atoms with van der Waals surface area (Å²) in [4.78, 5) is 0.0895. The summed E-state index contributed by atoms with van der Waals surface area (Å²) in [5, 5.41) is 4.12. The first-order valence-electron chi connectivity index (χ1n) is 5.73. The van der Waals surface area contributed by atoms with Crippen molar-refractivity contribution in [2.75, 3.05) is 6.61 Å². The Bertz CT molecular complexity index is 654. The Morgan fingerprint density at radius 1 is 1.42 bits per heavy atom. The summed E-state index contributed by atoms with van der Waals surface area (Å²) in [5.74, 6) is 0.358. The van der Waals surface area contributed by atoms with Crippen LogP contribution in [0, 0.1) is 0 Å². The molecule has 0 spiro atoms. The Morgan fingerprint density at radius 3 is 2.84 bits per heavy atom. The Balaban J connectivity index is 2.41. The van der Waals surface area contributed by atoms with Crippen LogP contribution in [0.2, 0.25) is 5.02 Å². The van der Waals surface area contributed by atoms with Crippen molar-refractivity contribution in [1.29, 1.82) is 0 Å². The Morgan fingerprint density at radius 2 is 2.21 bits per heavy atom. The van der Waals surface area contributed by atoms with Gasteiger partial charge in [-0.1, -0.05) is 18.5 Å². The highest BCUT2D eigenvalue weighted by atomic mass is 35.5. The lowest BCUT2D eigenvalue weighted by atomic mass is 10.3. The van der Waals surface area contributed by atoms with Gasteiger partial charge in [0.1, 0.15) is 5.75 Å². The fourth-order valence-electron chi connectivity index (χ4n) is 1.47. The van der Waals surface area contributed by atoms with Gasteiger partial charge in [0.25, 0.3) is 10.0 Å². The highest BCUT2D eigenvalue weighted by Crippen LogP contribution is 2.28. The van der Waals surface area contributed by atoms with Gasteiger partial charge >= 0.3 is 0 Å². The summed E-state index contributed by atoms with van der Waals surface area (Å²) in [6.45, 7) is 2.43. The molecule has 7 heteroatoms. The molecule has 0 aliphatic carbocycles. The molecule has 5 nitrogen and oxygen atoms in total. The summed E-state index contributed by atoms with van der Waals surface area (Å²) in [7, 11) is -3.69. The van der Waals surface area contributed by atoms with Crippen molar-refractivity contribution in [3.8, 4) is 5.75 Å². The number of nitrogens with zero attached hydrogens (tertiary/aromatic N) is 2. The molecule has 0 radical (unpaired) electrons. The van der Waals surface area contributed by atoms with E-state index in [0.29, 0.717) is 17.4 Å². The average Bonchev–Trinajstić information content (AvgIpc) is 2.92. The largest absolute Gasteiger partial charge is 0.492 e. The topological polar surface area (TPSA) is 61.2 Å². The fraction of sp³-hybridized carbons (Fsp3) is 0.250. The molecule has 0 amide bonds. The van der Waals surface area contributed by atoms with Crippen LogP contribution in [0.3, 0.4) is 0 Å². The summed E-state index contributed by atoms with van der Waals surface area (Å²) in [6.07, 6.45) is 3.59. The predicted molar refractivity (Wildman–Crippen MR) is 72.0 cm³/mol. The van der Waals surface area contributed by atoms with Gasteiger partial charge in [-0.25, -0.2) is 0 Å². The van der Waals surface area contributed by atoms with Gasteiger partial charge in [0.15, 0.2) is 0 Å². The van der Waals surface area contributed by atoms with Gasteiger partial charge in [0.2, 0.25) is 0 Å². The maximum absolute atomic E-state index is 12.2. The first kappa shape index (κ1) is 13.9. The van der Waals surface area contributed by atoms with Crippen LogP contribution in [0.1, 0.15) is 13.3 Å². The third-order valence-electron chi connectivity index (χ3n) is 2.39. The average molecular weight is 301 g/mol. The van der Waals surface area contributed by atoms with Crippen LogP contribution < -0.4 is 4.74 Å². The molecule has 0 unspecified atom stereocenters. The zero-order valence-electron chi connectivity index (χ0n) is 10.3. The number of hydrogen-bond acceptors (Lipinski definition) is 4. The van der Waals surface area contributed by atoms with Crippen molar-refractivity contribution in [3.05, 3.63) is 41.7 Å². The lowest BCUT2D eigenvalue weighted by Gasteiger charge is -2.09. The van der Waals surface area contributed by atoms with Crippen LogP contribution in [-0.2, 0) is 10.0 Å². The van der Waals surface area contributed by atoms with Gasteiger partial charge in [-0.2, -0.15) is 17.6 Å². The van der Waals surface area contributed by atoms with E-state index in [0.717, 1.165) is 10.5 Å². The molecule has 0 N–H and O–H groups in total. The Hall–Kier alpha value is -1.53. The van der Waals surface area contributed by atoms with E-state index in [4.69, 9.17) is 16.3 Å². The van der Waals surface area contributed by atoms with Gasteiger partial charge < -0.3 is 4.74 Å². The van der Waals surface area contributed by atoms with Crippen LogP contribution >= 0.6 is 11.6 Å². The zero-order valence-corrected chi connectivity index (χ0v) is 11.9. The summed E-state index contributed by atoms with van der Waals surface area (Å²) in [5.41, 5.74) is 0. The van der Waals surface area contributed by atoms with Crippen LogP contribution in [0.5, 0.6) is 5.75 Å². The van der Waals surface area contributed by atoms with E-state index < -0.39 is 10.0 Å². The van der Waals surface area contributed by atoms with Crippen LogP contribution in [-0.4, -0.2) is 24.2 Å². The number of benzene rings is 1. The van der Waals surface area contributed by atoms with Crippen molar-refractivity contribution >= 4 is 21.6 Å². The molecule has 0 fully saturated rings. The molecule has 1 heterocycles. The molecule has 19 heavy (non-hydrogen) atoms. The number of halogens is 1. The second-order valence-electron chi connectivity index (χ2n) is 3.82. The SMILES string of the molecule is CCCOc1cc(S(=O)(=O)n2cccn2)ccc1Cl. The van der Waals surface area contributed by atoms with Gasteiger partial charge in [-0.15, -0.1) is 0 Å². The molecular weight excluding hydrogens is 288 g/mol. The van der Waals surface area contributed by atoms with Gasteiger partial charge in [-0.05, 0) is 24.6 Å². The van der Waals surface area contributed by atoms with E-state index >= 15 is 0 Å². The molecule has 0 atom stereocenters. The van der Waals surface area contributed by atoms with Crippen molar-refractivity contribution in [1.82, 2.24) is 9.19 Å². The highest BCUT2D eigenvalue weighted by Gasteiger charge is 2.18. The molecular formula is C12H13ClN2O3S. The smallest absolute Gasteiger partial charge is 0.283 e. The molecule has 0 bridgehead atoms. The number of hydrogen-bond donors (Lipinski definition) is 0. The van der Waals surface area contributed by atoms with Gasteiger partial charge in [0.05, 0.1) is 22.7 Å². The number of ether oxygens (including phenoxy) is 1. The van der Waals surface area contributed by atoms with E-state index in [1.54, 1.807) is 6.07 Å². The molecule has 2 rings (SSSR count).